The number of aliphatic carboxylic acids is 2. The van der Waals surface area contributed by atoms with Crippen LogP contribution in [0.3, 0.4) is 0 Å². The van der Waals surface area contributed by atoms with Gasteiger partial charge >= 0.3 is 11.9 Å². The Kier molecular flexibility index (Phi) is 1.93. The van der Waals surface area contributed by atoms with Gasteiger partial charge in [0.1, 0.15) is 0 Å². The Hall–Kier alpha value is -1.63. The lowest BCUT2D eigenvalue weighted by Gasteiger charge is -2.23. The van der Waals surface area contributed by atoms with Gasteiger partial charge in [0.05, 0.1) is 5.92 Å². The minimum atomic E-state index is -1.52. The second-order valence-electron chi connectivity index (χ2n) is 3.80. The Morgan fingerprint density at radius 2 is 2.20 bits per heavy atom. The average Bonchev–Trinajstić information content (AvgIpc) is 2.67. The van der Waals surface area contributed by atoms with Crippen LogP contribution in [0.5, 0.6) is 0 Å². The third-order valence-corrected chi connectivity index (χ3v) is 2.98. The summed E-state index contributed by atoms with van der Waals surface area (Å²) in [6.45, 7) is 0. The molecule has 3 atom stereocenters. The molecule has 1 aliphatic heterocycles. The summed E-state index contributed by atoms with van der Waals surface area (Å²) in [6.07, 6.45) is -0.288. The molecule has 0 spiro atoms. The van der Waals surface area contributed by atoms with Gasteiger partial charge in [0.15, 0.2) is 17.4 Å². The van der Waals surface area contributed by atoms with Crippen LogP contribution in [0.2, 0.25) is 0 Å². The molecule has 7 nitrogen and oxygen atoms in total. The normalized spacial score (nSPS) is 38.1. The number of oxime groups is 1. The van der Waals surface area contributed by atoms with E-state index in [-0.39, 0.29) is 12.1 Å². The highest BCUT2D eigenvalue weighted by atomic mass is 16.6. The predicted molar refractivity (Wildman–Crippen MR) is 47.2 cm³/mol. The van der Waals surface area contributed by atoms with Crippen LogP contribution in [0, 0.1) is 5.92 Å². The highest BCUT2D eigenvalue weighted by molar-refractivity contribution is 6.37. The number of nitrogens with zero attached hydrogens (tertiary/aromatic N) is 1. The van der Waals surface area contributed by atoms with E-state index in [4.69, 9.17) is 20.8 Å². The molecule has 1 fully saturated rings. The molecule has 4 N–H and O–H groups in total. The number of carboxylic acid groups (broad SMARTS) is 2. The number of fused-ring (bicyclic) bond motifs is 1. The Labute approximate surface area is 84.5 Å². The maximum atomic E-state index is 10.9. The van der Waals surface area contributed by atoms with E-state index < -0.39 is 29.5 Å². The summed E-state index contributed by atoms with van der Waals surface area (Å²) < 4.78 is 0. The first kappa shape index (κ1) is 9.91. The fraction of sp³-hybridized carbons (Fsp3) is 0.625. The molecule has 0 bridgehead atoms. The molecule has 0 aromatic heterocycles. The first-order valence-electron chi connectivity index (χ1n) is 4.46. The van der Waals surface area contributed by atoms with Gasteiger partial charge in [0, 0.05) is 0 Å². The zero-order valence-corrected chi connectivity index (χ0v) is 7.71. The van der Waals surface area contributed by atoms with Crippen molar-refractivity contribution in [3.63, 3.8) is 0 Å². The standard InChI is InChI=1S/C8H10N2O5/c9-8(7(13)14)2-1-3-4(6(11)12)10-15-5(3)8/h3,5H,1-2,9H2,(H,11,12)(H,13,14)/t3-,5-,8-/m1/s1. The molecular formula is C8H10N2O5. The lowest BCUT2D eigenvalue weighted by atomic mass is 9.92. The molecule has 2 aliphatic rings. The van der Waals surface area contributed by atoms with E-state index >= 15 is 0 Å². The molecule has 15 heavy (non-hydrogen) atoms. The third kappa shape index (κ3) is 1.19. The van der Waals surface area contributed by atoms with Crippen molar-refractivity contribution in [1.29, 1.82) is 0 Å². The highest BCUT2D eigenvalue weighted by Gasteiger charge is 2.58. The van der Waals surface area contributed by atoms with Crippen molar-refractivity contribution in [3.8, 4) is 0 Å². The fourth-order valence-corrected chi connectivity index (χ4v) is 2.10. The van der Waals surface area contributed by atoms with Gasteiger partial charge in [-0.3, -0.25) is 4.79 Å². The molecular weight excluding hydrogens is 204 g/mol. The van der Waals surface area contributed by atoms with Gasteiger partial charge in [-0.2, -0.15) is 0 Å². The summed E-state index contributed by atoms with van der Waals surface area (Å²) >= 11 is 0. The topological polar surface area (TPSA) is 122 Å². The number of rotatable bonds is 2. The highest BCUT2D eigenvalue weighted by Crippen LogP contribution is 2.40. The Morgan fingerprint density at radius 3 is 2.73 bits per heavy atom. The number of hydrogen-bond donors (Lipinski definition) is 3. The maximum absolute atomic E-state index is 10.9. The van der Waals surface area contributed by atoms with Crippen molar-refractivity contribution >= 4 is 17.7 Å². The van der Waals surface area contributed by atoms with Crippen LogP contribution in [0.25, 0.3) is 0 Å². The molecule has 7 heteroatoms. The first-order valence-corrected chi connectivity index (χ1v) is 4.46. The van der Waals surface area contributed by atoms with Crippen molar-refractivity contribution < 1.29 is 24.6 Å². The van der Waals surface area contributed by atoms with Gasteiger partial charge in [-0.15, -0.1) is 0 Å². The summed E-state index contributed by atoms with van der Waals surface area (Å²) in [5, 5.41) is 21.1. The quantitative estimate of drug-likeness (QED) is 0.542. The van der Waals surface area contributed by atoms with E-state index in [1.807, 2.05) is 0 Å². The van der Waals surface area contributed by atoms with E-state index in [1.54, 1.807) is 0 Å². The molecule has 2 rings (SSSR count). The summed E-state index contributed by atoms with van der Waals surface area (Å²) in [4.78, 5) is 26.5. The van der Waals surface area contributed by atoms with Crippen LogP contribution >= 0.6 is 0 Å². The molecule has 0 unspecified atom stereocenters. The Balaban J connectivity index is 2.26. The van der Waals surface area contributed by atoms with Crippen LogP contribution < -0.4 is 5.73 Å². The first-order chi connectivity index (χ1) is 6.97. The van der Waals surface area contributed by atoms with Crippen molar-refractivity contribution in [2.24, 2.45) is 16.8 Å². The number of carbonyl (C=O) groups is 2. The van der Waals surface area contributed by atoms with E-state index in [1.165, 1.54) is 0 Å². The second-order valence-corrected chi connectivity index (χ2v) is 3.80. The van der Waals surface area contributed by atoms with Gasteiger partial charge in [0.2, 0.25) is 0 Å². The molecule has 0 aromatic rings. The lowest BCUT2D eigenvalue weighted by Crippen LogP contribution is -2.55. The summed E-state index contributed by atoms with van der Waals surface area (Å²) in [7, 11) is 0. The summed E-state index contributed by atoms with van der Waals surface area (Å²) in [5.74, 6) is -2.88. The molecule has 0 radical (unpaired) electrons. The Morgan fingerprint density at radius 1 is 1.53 bits per heavy atom. The third-order valence-electron chi connectivity index (χ3n) is 2.98. The number of hydrogen-bond acceptors (Lipinski definition) is 5. The van der Waals surface area contributed by atoms with Gasteiger partial charge in [-0.05, 0) is 12.8 Å². The van der Waals surface area contributed by atoms with E-state index in [0.717, 1.165) is 0 Å². The second kappa shape index (κ2) is 2.93. The van der Waals surface area contributed by atoms with Crippen molar-refractivity contribution in [1.82, 2.24) is 0 Å². The van der Waals surface area contributed by atoms with Gasteiger partial charge in [-0.1, -0.05) is 5.16 Å². The molecule has 1 saturated carbocycles. The van der Waals surface area contributed by atoms with Crippen LogP contribution in [0.1, 0.15) is 12.8 Å². The molecule has 1 aliphatic carbocycles. The molecule has 1 heterocycles. The van der Waals surface area contributed by atoms with Gasteiger partial charge < -0.3 is 20.8 Å². The molecule has 82 valence electrons. The summed E-state index contributed by atoms with van der Waals surface area (Å²) in [5.41, 5.74) is 4.01. The SMILES string of the molecule is N[C@]1(C(=O)O)CC[C@@H]2C(C(=O)O)=NO[C@H]21. The van der Waals surface area contributed by atoms with Crippen molar-refractivity contribution in [2.75, 3.05) is 0 Å². The minimum Gasteiger partial charge on any atom is -0.480 e. The Bertz CT molecular complexity index is 366. The smallest absolute Gasteiger partial charge is 0.354 e. The zero-order valence-electron chi connectivity index (χ0n) is 7.71. The van der Waals surface area contributed by atoms with Crippen molar-refractivity contribution in [3.05, 3.63) is 0 Å². The fourth-order valence-electron chi connectivity index (χ4n) is 2.10. The average molecular weight is 214 g/mol. The largest absolute Gasteiger partial charge is 0.480 e. The molecule has 0 saturated heterocycles. The summed E-state index contributed by atoms with van der Waals surface area (Å²) in [6, 6.07) is 0. The van der Waals surface area contributed by atoms with E-state index in [2.05, 4.69) is 5.16 Å². The monoisotopic (exact) mass is 214 g/mol. The molecule has 0 aromatic carbocycles. The predicted octanol–water partition coefficient (Wildman–Crippen LogP) is -0.982. The van der Waals surface area contributed by atoms with Crippen LogP contribution in [-0.2, 0) is 14.4 Å². The number of nitrogens with two attached hydrogens (primary N) is 1. The van der Waals surface area contributed by atoms with E-state index in [9.17, 15) is 9.59 Å². The molecule has 0 amide bonds. The van der Waals surface area contributed by atoms with Gasteiger partial charge in [0.25, 0.3) is 0 Å². The van der Waals surface area contributed by atoms with E-state index in [0.29, 0.717) is 6.42 Å². The van der Waals surface area contributed by atoms with Crippen LogP contribution in [0.15, 0.2) is 5.16 Å². The van der Waals surface area contributed by atoms with Crippen molar-refractivity contribution in [2.45, 2.75) is 24.5 Å². The lowest BCUT2D eigenvalue weighted by molar-refractivity contribution is -0.148. The van der Waals surface area contributed by atoms with Gasteiger partial charge in [-0.25, -0.2) is 4.79 Å². The minimum absolute atomic E-state index is 0.131. The van der Waals surface area contributed by atoms with Crippen LogP contribution in [0.4, 0.5) is 0 Å². The van der Waals surface area contributed by atoms with Crippen LogP contribution in [-0.4, -0.2) is 39.5 Å². The zero-order chi connectivity index (χ0) is 11.2. The maximum Gasteiger partial charge on any atom is 0.354 e. The number of carboxylic acids is 2.